The maximum atomic E-state index is 12.0. The fraction of sp³-hybridized carbons (Fsp3) is 0.750. The van der Waals surface area contributed by atoms with Gasteiger partial charge in [-0.15, -0.1) is 0 Å². The minimum atomic E-state index is -0.984. The molecule has 2 N–H and O–H groups in total. The van der Waals surface area contributed by atoms with Crippen LogP contribution in [-0.2, 0) is 9.59 Å². The molecule has 9 atom stereocenters. The second-order valence-electron chi connectivity index (χ2n) is 10.4. The number of carboxylic acids is 1. The third kappa shape index (κ3) is 2.33. The molecule has 5 aliphatic rings. The molecule has 0 radical (unpaired) electrons. The molecule has 0 aromatic heterocycles. The second-order valence-corrected chi connectivity index (χ2v) is 10.4. The quantitative estimate of drug-likeness (QED) is 0.722. The van der Waals surface area contributed by atoms with Crippen molar-refractivity contribution in [3.63, 3.8) is 0 Å². The molecule has 0 aliphatic heterocycles. The highest BCUT2D eigenvalue weighted by molar-refractivity contribution is 5.91. The number of hydrogen-bond acceptors (Lipinski definition) is 3. The Bertz CT molecular complexity index is 781. The van der Waals surface area contributed by atoms with E-state index in [4.69, 9.17) is 5.11 Å². The summed E-state index contributed by atoms with van der Waals surface area (Å²) >= 11 is 0. The van der Waals surface area contributed by atoms with Crippen molar-refractivity contribution in [2.24, 2.45) is 46.8 Å². The number of allylic oxidation sites excluding steroid dienone is 1. The van der Waals surface area contributed by atoms with E-state index in [1.165, 1.54) is 11.6 Å². The molecule has 4 heteroatoms. The van der Waals surface area contributed by atoms with Crippen LogP contribution < -0.4 is 0 Å². The van der Waals surface area contributed by atoms with E-state index in [0.717, 1.165) is 38.5 Å². The van der Waals surface area contributed by atoms with Crippen LogP contribution in [0.4, 0.5) is 0 Å². The minimum absolute atomic E-state index is 0.222. The number of carboxylic acid groups (broad SMARTS) is 1. The van der Waals surface area contributed by atoms with E-state index in [-0.39, 0.29) is 11.3 Å². The summed E-state index contributed by atoms with van der Waals surface area (Å²) in [6, 6.07) is 0. The number of aliphatic hydroxyl groups is 1. The van der Waals surface area contributed by atoms with Gasteiger partial charge in [0.25, 0.3) is 0 Å². The number of rotatable bonds is 3. The van der Waals surface area contributed by atoms with Gasteiger partial charge in [0.15, 0.2) is 5.78 Å². The molecule has 152 valence electrons. The van der Waals surface area contributed by atoms with Crippen LogP contribution in [0, 0.1) is 46.8 Å². The average Bonchev–Trinajstić information content (AvgIpc) is 3.42. The van der Waals surface area contributed by atoms with Gasteiger partial charge in [0, 0.05) is 17.9 Å². The maximum Gasteiger partial charge on any atom is 0.328 e. The minimum Gasteiger partial charge on any atom is -0.478 e. The van der Waals surface area contributed by atoms with Crippen molar-refractivity contribution in [2.45, 2.75) is 64.4 Å². The standard InChI is InChI=1S/C24H32O4/c1-3-13-10-14-11-15(25)4-5-16(14)17-6-8-23(2)22(21(13)17)18-12-19(18)24(23,28)9-7-20(26)27/h7,9,11,13,16-19,21-22,28H,3-6,8,10,12H2,1-2H3,(H,26,27)/b9-7-/t13-,16-,17+,18+,19-,21+,22-,23-,24-/m0/s1. The summed E-state index contributed by atoms with van der Waals surface area (Å²) in [5.74, 6) is 2.91. The van der Waals surface area contributed by atoms with Crippen LogP contribution in [-0.4, -0.2) is 27.6 Å². The molecule has 5 aliphatic carbocycles. The Morgan fingerprint density at radius 3 is 2.82 bits per heavy atom. The molecule has 0 spiro atoms. The van der Waals surface area contributed by atoms with Crippen LogP contribution in [0.25, 0.3) is 0 Å². The van der Waals surface area contributed by atoms with Crippen molar-refractivity contribution in [2.75, 3.05) is 0 Å². The Kier molecular flexibility index (Phi) is 4.01. The number of hydrogen-bond donors (Lipinski definition) is 2. The summed E-state index contributed by atoms with van der Waals surface area (Å²) in [7, 11) is 0. The van der Waals surface area contributed by atoms with Gasteiger partial charge in [0.1, 0.15) is 0 Å². The largest absolute Gasteiger partial charge is 0.478 e. The van der Waals surface area contributed by atoms with Crippen molar-refractivity contribution in [1.29, 1.82) is 0 Å². The van der Waals surface area contributed by atoms with E-state index in [1.54, 1.807) is 6.08 Å². The van der Waals surface area contributed by atoms with E-state index in [0.29, 0.717) is 47.7 Å². The summed E-state index contributed by atoms with van der Waals surface area (Å²) in [5, 5.41) is 20.9. The Labute approximate surface area is 167 Å². The van der Waals surface area contributed by atoms with Gasteiger partial charge in [-0.05, 0) is 85.7 Å². The van der Waals surface area contributed by atoms with E-state index in [2.05, 4.69) is 13.8 Å². The van der Waals surface area contributed by atoms with Crippen LogP contribution in [0.1, 0.15) is 58.8 Å². The first-order chi connectivity index (χ1) is 13.3. The van der Waals surface area contributed by atoms with Gasteiger partial charge < -0.3 is 10.2 Å². The Hall–Kier alpha value is -1.42. The molecular weight excluding hydrogens is 352 g/mol. The van der Waals surface area contributed by atoms with Gasteiger partial charge in [-0.3, -0.25) is 4.79 Å². The Morgan fingerprint density at radius 1 is 1.32 bits per heavy atom. The van der Waals surface area contributed by atoms with Crippen molar-refractivity contribution in [1.82, 2.24) is 0 Å². The van der Waals surface area contributed by atoms with E-state index >= 15 is 0 Å². The van der Waals surface area contributed by atoms with Gasteiger partial charge in [0.05, 0.1) is 5.60 Å². The highest BCUT2D eigenvalue weighted by Gasteiger charge is 2.75. The van der Waals surface area contributed by atoms with Crippen molar-refractivity contribution >= 4 is 11.8 Å². The molecule has 0 bridgehead atoms. The number of ketones is 1. The third-order valence-corrected chi connectivity index (χ3v) is 9.51. The second kappa shape index (κ2) is 6.04. The van der Waals surface area contributed by atoms with Crippen molar-refractivity contribution in [3.8, 4) is 0 Å². The summed E-state index contributed by atoms with van der Waals surface area (Å²) in [5.41, 5.74) is 0.189. The zero-order valence-corrected chi connectivity index (χ0v) is 16.9. The predicted octanol–water partition coefficient (Wildman–Crippen LogP) is 3.99. The summed E-state index contributed by atoms with van der Waals surface area (Å²) in [4.78, 5) is 23.2. The zero-order valence-electron chi connectivity index (χ0n) is 16.9. The molecule has 4 nitrogen and oxygen atoms in total. The van der Waals surface area contributed by atoms with Gasteiger partial charge in [0.2, 0.25) is 0 Å². The lowest BCUT2D eigenvalue weighted by Crippen LogP contribution is -2.56. The van der Waals surface area contributed by atoms with Crippen LogP contribution in [0.5, 0.6) is 0 Å². The van der Waals surface area contributed by atoms with Crippen molar-refractivity contribution < 1.29 is 19.8 Å². The van der Waals surface area contributed by atoms with Gasteiger partial charge in [-0.2, -0.15) is 0 Å². The normalized spacial score (nSPS) is 51.8. The fourth-order valence-electron chi connectivity index (χ4n) is 8.33. The zero-order chi connectivity index (χ0) is 19.8. The van der Waals surface area contributed by atoms with Gasteiger partial charge in [-0.25, -0.2) is 4.79 Å². The molecular formula is C24H32O4. The third-order valence-electron chi connectivity index (χ3n) is 9.51. The molecule has 28 heavy (non-hydrogen) atoms. The fourth-order valence-corrected chi connectivity index (χ4v) is 8.33. The number of fused-ring (bicyclic) bond motifs is 7. The van der Waals surface area contributed by atoms with E-state index in [9.17, 15) is 14.7 Å². The molecule has 4 saturated carbocycles. The van der Waals surface area contributed by atoms with Crippen LogP contribution in [0.2, 0.25) is 0 Å². The molecule has 0 amide bonds. The molecule has 5 rings (SSSR count). The highest BCUT2D eigenvalue weighted by atomic mass is 16.4. The first-order valence-corrected chi connectivity index (χ1v) is 11.2. The molecule has 4 fully saturated rings. The number of aliphatic carboxylic acids is 1. The van der Waals surface area contributed by atoms with Crippen LogP contribution in [0.15, 0.2) is 23.8 Å². The van der Waals surface area contributed by atoms with Gasteiger partial charge in [-0.1, -0.05) is 25.8 Å². The SMILES string of the molecule is CC[C@H]1CC2=CC(=O)CC[C@@H]2[C@H]2CC[C@@]3(C)[C@@H]([C@@H]4C[C@@H]4[C@@]3(O)/C=C\C(=O)O)[C@H]12. The van der Waals surface area contributed by atoms with Crippen LogP contribution in [0.3, 0.4) is 0 Å². The summed E-state index contributed by atoms with van der Waals surface area (Å²) < 4.78 is 0. The monoisotopic (exact) mass is 384 g/mol. The summed E-state index contributed by atoms with van der Waals surface area (Å²) in [6.07, 6.45) is 11.7. The maximum absolute atomic E-state index is 12.0. The van der Waals surface area contributed by atoms with E-state index in [1.807, 2.05) is 6.08 Å². The lowest BCUT2D eigenvalue weighted by molar-refractivity contribution is -0.134. The summed E-state index contributed by atoms with van der Waals surface area (Å²) in [6.45, 7) is 4.50. The lowest BCUT2D eigenvalue weighted by atomic mass is 9.46. The predicted molar refractivity (Wildman–Crippen MR) is 105 cm³/mol. The molecule has 0 saturated heterocycles. The van der Waals surface area contributed by atoms with E-state index < -0.39 is 11.6 Å². The Balaban J connectivity index is 1.53. The topological polar surface area (TPSA) is 74.6 Å². The smallest absolute Gasteiger partial charge is 0.328 e. The number of carbonyl (C=O) groups excluding carboxylic acids is 1. The first kappa shape index (κ1) is 18.6. The highest BCUT2D eigenvalue weighted by Crippen LogP contribution is 2.76. The molecule has 0 heterocycles. The number of carbonyl (C=O) groups is 2. The van der Waals surface area contributed by atoms with Crippen molar-refractivity contribution in [3.05, 3.63) is 23.8 Å². The lowest BCUT2D eigenvalue weighted by Gasteiger charge is -2.59. The molecule has 0 aromatic carbocycles. The first-order valence-electron chi connectivity index (χ1n) is 11.2. The van der Waals surface area contributed by atoms with Crippen LogP contribution >= 0.6 is 0 Å². The van der Waals surface area contributed by atoms with Gasteiger partial charge >= 0.3 is 5.97 Å². The average molecular weight is 385 g/mol. The molecule has 0 unspecified atom stereocenters. The Morgan fingerprint density at radius 2 is 2.11 bits per heavy atom. The molecule has 0 aromatic rings.